The molecule has 0 saturated heterocycles. The van der Waals surface area contributed by atoms with Crippen molar-refractivity contribution in [2.75, 3.05) is 39.6 Å². The second-order valence-corrected chi connectivity index (χ2v) is 29.6. The van der Waals surface area contributed by atoms with Gasteiger partial charge < -0.3 is 33.8 Å². The van der Waals surface area contributed by atoms with Crippen LogP contribution >= 0.6 is 15.6 Å². The van der Waals surface area contributed by atoms with Crippen molar-refractivity contribution in [3.63, 3.8) is 0 Å². The van der Waals surface area contributed by atoms with Gasteiger partial charge in [0, 0.05) is 25.7 Å². The van der Waals surface area contributed by atoms with Crippen LogP contribution in [0.4, 0.5) is 0 Å². The van der Waals surface area contributed by atoms with E-state index in [0.717, 1.165) is 114 Å². The first-order valence-electron chi connectivity index (χ1n) is 36.3. The number of carbonyl (C=O) groups is 4. The molecule has 7 atom stereocenters. The van der Waals surface area contributed by atoms with Gasteiger partial charge in [0.15, 0.2) is 12.2 Å². The summed E-state index contributed by atoms with van der Waals surface area (Å²) in [4.78, 5) is 72.5. The molecule has 0 rings (SSSR count). The number of ether oxygens (including phenoxy) is 4. The lowest BCUT2D eigenvalue weighted by Gasteiger charge is -2.21. The number of unbranched alkanes of at least 4 members (excludes halogenated alkanes) is 31. The molecule has 19 heteroatoms. The zero-order chi connectivity index (χ0) is 66.1. The number of esters is 4. The predicted molar refractivity (Wildman–Crippen MR) is 358 cm³/mol. The highest BCUT2D eigenvalue weighted by Gasteiger charge is 2.30. The number of aliphatic hydroxyl groups excluding tert-OH is 1. The Labute approximate surface area is 543 Å². The summed E-state index contributed by atoms with van der Waals surface area (Å²) in [5.74, 6) is 0.889. The molecule has 5 unspecified atom stereocenters. The lowest BCUT2D eigenvalue weighted by molar-refractivity contribution is -0.161. The molecule has 17 nitrogen and oxygen atoms in total. The van der Waals surface area contributed by atoms with Crippen molar-refractivity contribution in [3.05, 3.63) is 0 Å². The van der Waals surface area contributed by atoms with E-state index in [9.17, 15) is 43.2 Å². The zero-order valence-electron chi connectivity index (χ0n) is 58.1. The lowest BCUT2D eigenvalue weighted by atomic mass is 9.99. The monoisotopic (exact) mass is 1310 g/mol. The zero-order valence-corrected chi connectivity index (χ0v) is 59.8. The molecule has 528 valence electrons. The lowest BCUT2D eigenvalue weighted by Crippen LogP contribution is -2.30. The van der Waals surface area contributed by atoms with Crippen LogP contribution in [0.25, 0.3) is 0 Å². The van der Waals surface area contributed by atoms with Crippen molar-refractivity contribution in [2.24, 2.45) is 23.7 Å². The topological polar surface area (TPSA) is 237 Å². The molecular weight excluding hydrogens is 1170 g/mol. The molecular formula is C70H136O17P2. The molecule has 0 spiro atoms. The molecule has 0 bridgehead atoms. The van der Waals surface area contributed by atoms with Crippen molar-refractivity contribution >= 4 is 39.5 Å². The predicted octanol–water partition coefficient (Wildman–Crippen LogP) is 19.7. The molecule has 3 N–H and O–H groups in total. The molecule has 89 heavy (non-hydrogen) atoms. The van der Waals surface area contributed by atoms with Gasteiger partial charge in [-0.05, 0) is 49.4 Å². The standard InChI is InChI=1S/C70H136O17P2/c1-9-62(7)48-40-32-24-17-14-15-18-25-34-42-50-67(72)80-57-66(87-70(75)53-45-37-29-28-33-41-49-63(8)10-2)59-85-89(78,79)83-55-64(71)54-82-88(76,77)84-58-65(56-81-68(73)51-43-35-26-21-20-23-31-39-47-61(5)6)86-69(74)52-44-36-27-19-13-11-12-16-22-30-38-46-60(3)4/h60-66,71H,9-59H2,1-8H3,(H,76,77)(H,78,79)/t62?,63?,64?,65-,66-/m1/s1. The fourth-order valence-electron chi connectivity index (χ4n) is 10.4. The molecule has 0 aromatic heterocycles. The van der Waals surface area contributed by atoms with E-state index in [2.05, 4.69) is 55.4 Å². The summed E-state index contributed by atoms with van der Waals surface area (Å²) >= 11 is 0. The number of phosphoric ester groups is 2. The normalized spacial score (nSPS) is 14.9. The highest BCUT2D eigenvalue weighted by Crippen LogP contribution is 2.45. The Morgan fingerprint density at radius 1 is 0.315 bits per heavy atom. The summed E-state index contributed by atoms with van der Waals surface area (Å²) in [6.07, 6.45) is 41.6. The van der Waals surface area contributed by atoms with Gasteiger partial charge in [0.05, 0.1) is 26.4 Å². The van der Waals surface area contributed by atoms with Crippen LogP contribution in [0.15, 0.2) is 0 Å². The Kier molecular flexibility index (Phi) is 58.5. The minimum atomic E-state index is -4.95. The molecule has 0 aliphatic heterocycles. The maximum absolute atomic E-state index is 13.0. The van der Waals surface area contributed by atoms with Crippen LogP contribution in [-0.4, -0.2) is 96.7 Å². The number of hydrogen-bond acceptors (Lipinski definition) is 15. The van der Waals surface area contributed by atoms with Gasteiger partial charge in [-0.3, -0.25) is 37.3 Å². The Morgan fingerprint density at radius 3 is 0.798 bits per heavy atom. The van der Waals surface area contributed by atoms with Crippen molar-refractivity contribution < 1.29 is 80.2 Å². The smallest absolute Gasteiger partial charge is 0.462 e. The summed E-state index contributed by atoms with van der Waals surface area (Å²) in [6.45, 7) is 14.1. The first-order chi connectivity index (χ1) is 42.7. The molecule has 0 saturated carbocycles. The van der Waals surface area contributed by atoms with E-state index in [4.69, 9.17) is 37.0 Å². The summed E-state index contributed by atoms with van der Waals surface area (Å²) in [5.41, 5.74) is 0. The van der Waals surface area contributed by atoms with Crippen molar-refractivity contribution in [3.8, 4) is 0 Å². The third kappa shape index (κ3) is 62.0. The molecule has 0 aromatic carbocycles. The molecule has 0 aliphatic carbocycles. The number of rotatable bonds is 67. The van der Waals surface area contributed by atoms with Gasteiger partial charge in [0.1, 0.15) is 19.3 Å². The largest absolute Gasteiger partial charge is 0.472 e. The van der Waals surface area contributed by atoms with Gasteiger partial charge in [-0.2, -0.15) is 0 Å². The summed E-state index contributed by atoms with van der Waals surface area (Å²) < 4.78 is 68.3. The van der Waals surface area contributed by atoms with Crippen LogP contribution in [0.5, 0.6) is 0 Å². The van der Waals surface area contributed by atoms with Crippen LogP contribution < -0.4 is 0 Å². The minimum absolute atomic E-state index is 0.102. The fraction of sp³-hybridized carbons (Fsp3) is 0.943. The summed E-state index contributed by atoms with van der Waals surface area (Å²) in [7, 11) is -9.90. The summed E-state index contributed by atoms with van der Waals surface area (Å²) in [5, 5.41) is 10.6. The maximum Gasteiger partial charge on any atom is 0.472 e. The third-order valence-corrected chi connectivity index (χ3v) is 18.7. The first-order valence-corrected chi connectivity index (χ1v) is 39.3. The number of carbonyl (C=O) groups excluding carboxylic acids is 4. The second-order valence-electron chi connectivity index (χ2n) is 26.7. The van der Waals surface area contributed by atoms with Gasteiger partial charge in [-0.25, -0.2) is 9.13 Å². The van der Waals surface area contributed by atoms with Gasteiger partial charge in [-0.15, -0.1) is 0 Å². The molecule has 0 aromatic rings. The fourth-order valence-corrected chi connectivity index (χ4v) is 12.0. The average Bonchev–Trinajstić information content (AvgIpc) is 3.66. The van der Waals surface area contributed by atoms with E-state index in [1.807, 2.05) is 0 Å². The van der Waals surface area contributed by atoms with E-state index in [-0.39, 0.29) is 25.7 Å². The van der Waals surface area contributed by atoms with E-state index >= 15 is 0 Å². The molecule has 0 radical (unpaired) electrons. The van der Waals surface area contributed by atoms with Crippen LogP contribution in [0.3, 0.4) is 0 Å². The van der Waals surface area contributed by atoms with Crippen LogP contribution in [0.2, 0.25) is 0 Å². The quantitative estimate of drug-likeness (QED) is 0.0222. The molecule has 0 aliphatic rings. The number of hydrogen-bond donors (Lipinski definition) is 3. The number of phosphoric acid groups is 2. The Bertz CT molecular complexity index is 1770. The van der Waals surface area contributed by atoms with Crippen molar-refractivity contribution in [1.82, 2.24) is 0 Å². The van der Waals surface area contributed by atoms with Crippen LogP contribution in [0.1, 0.15) is 344 Å². The molecule has 0 heterocycles. The van der Waals surface area contributed by atoms with Gasteiger partial charge >= 0.3 is 39.5 Å². The first kappa shape index (κ1) is 87.1. The maximum atomic E-state index is 13.0. The minimum Gasteiger partial charge on any atom is -0.462 e. The van der Waals surface area contributed by atoms with Gasteiger partial charge in [-0.1, -0.05) is 293 Å². The Balaban J connectivity index is 5.25. The highest BCUT2D eigenvalue weighted by atomic mass is 31.2. The van der Waals surface area contributed by atoms with E-state index < -0.39 is 97.5 Å². The van der Waals surface area contributed by atoms with Gasteiger partial charge in [0.25, 0.3) is 0 Å². The number of aliphatic hydroxyl groups is 1. The molecule has 0 amide bonds. The third-order valence-electron chi connectivity index (χ3n) is 16.8. The van der Waals surface area contributed by atoms with Crippen molar-refractivity contribution in [2.45, 2.75) is 363 Å². The SMILES string of the molecule is CCC(C)CCCCCCCCCCCCC(=O)OC[C@H](COP(=O)(O)OCC(O)COP(=O)(O)OC[C@@H](COC(=O)CCCCCCCCCCC(C)C)OC(=O)CCCCCCCCCCCCCC(C)C)OC(=O)CCCCCCCCC(C)CC. The van der Waals surface area contributed by atoms with Gasteiger partial charge in [0.2, 0.25) is 0 Å². The van der Waals surface area contributed by atoms with Crippen LogP contribution in [-0.2, 0) is 65.4 Å². The average molecular weight is 1310 g/mol. The van der Waals surface area contributed by atoms with Crippen molar-refractivity contribution in [1.29, 1.82) is 0 Å². The van der Waals surface area contributed by atoms with Crippen LogP contribution in [0, 0.1) is 23.7 Å². The summed E-state index contributed by atoms with van der Waals surface area (Å²) in [6, 6.07) is 0. The van der Waals surface area contributed by atoms with E-state index in [1.165, 1.54) is 148 Å². The second kappa shape index (κ2) is 59.8. The Morgan fingerprint density at radius 2 is 0.539 bits per heavy atom. The highest BCUT2D eigenvalue weighted by molar-refractivity contribution is 7.47. The molecule has 0 fully saturated rings. The van der Waals surface area contributed by atoms with E-state index in [1.54, 1.807) is 0 Å². The van der Waals surface area contributed by atoms with E-state index in [0.29, 0.717) is 25.7 Å². The Hall–Kier alpha value is -1.94.